The maximum Gasteiger partial charge on any atom is 0.433 e. The highest BCUT2D eigenvalue weighted by atomic mass is 19.4. The highest BCUT2D eigenvalue weighted by molar-refractivity contribution is 5.36. The lowest BCUT2D eigenvalue weighted by atomic mass is 10.1. The Labute approximate surface area is 130 Å². The van der Waals surface area contributed by atoms with Crippen molar-refractivity contribution < 1.29 is 17.6 Å². The number of hydrogen-bond acceptors (Lipinski definition) is 6. The van der Waals surface area contributed by atoms with Gasteiger partial charge in [0.05, 0.1) is 12.7 Å². The molecule has 9 heteroatoms. The third-order valence-electron chi connectivity index (χ3n) is 3.74. The monoisotopic (exact) mass is 327 g/mol. The standard InChI is InChI=1S/C14H16F3N5O/c15-14(16,17)11-7-12(20-9-19-11)21-10-1-4-22(5-2-10)8-13-18-3-6-23-13/h3,6-7,9-10H,1-2,4-5,8H2,(H,19,20,21). The second kappa shape index (κ2) is 6.53. The van der Waals surface area contributed by atoms with E-state index < -0.39 is 11.9 Å². The molecule has 1 aliphatic heterocycles. The van der Waals surface area contributed by atoms with Gasteiger partial charge in [-0.15, -0.1) is 0 Å². The minimum atomic E-state index is -4.46. The van der Waals surface area contributed by atoms with Crippen molar-refractivity contribution in [2.24, 2.45) is 0 Å². The summed E-state index contributed by atoms with van der Waals surface area (Å²) in [4.78, 5) is 13.4. The number of hydrogen-bond donors (Lipinski definition) is 1. The molecule has 0 unspecified atom stereocenters. The Bertz CT molecular complexity index is 624. The van der Waals surface area contributed by atoms with Gasteiger partial charge in [-0.1, -0.05) is 0 Å². The molecule has 2 aromatic rings. The lowest BCUT2D eigenvalue weighted by Gasteiger charge is -2.31. The van der Waals surface area contributed by atoms with E-state index in [0.717, 1.165) is 38.3 Å². The van der Waals surface area contributed by atoms with E-state index in [1.165, 1.54) is 6.26 Å². The predicted octanol–water partition coefficient (Wildman–Crippen LogP) is 2.56. The molecular weight excluding hydrogens is 311 g/mol. The SMILES string of the molecule is FC(F)(F)c1cc(NC2CCN(Cc3ncco3)CC2)ncn1. The molecule has 0 spiro atoms. The second-order valence-electron chi connectivity index (χ2n) is 5.41. The van der Waals surface area contributed by atoms with Gasteiger partial charge in [0.1, 0.15) is 24.1 Å². The van der Waals surface area contributed by atoms with E-state index in [-0.39, 0.29) is 11.9 Å². The highest BCUT2D eigenvalue weighted by Gasteiger charge is 2.33. The van der Waals surface area contributed by atoms with Gasteiger partial charge in [0, 0.05) is 25.2 Å². The molecule has 0 bridgehead atoms. The van der Waals surface area contributed by atoms with Crippen molar-refractivity contribution in [3.05, 3.63) is 36.4 Å². The van der Waals surface area contributed by atoms with Crippen LogP contribution in [0.4, 0.5) is 19.0 Å². The minimum Gasteiger partial charge on any atom is -0.448 e. The van der Waals surface area contributed by atoms with Crippen LogP contribution >= 0.6 is 0 Å². The van der Waals surface area contributed by atoms with Crippen LogP contribution in [0.1, 0.15) is 24.4 Å². The number of nitrogens with one attached hydrogen (secondary N) is 1. The lowest BCUT2D eigenvalue weighted by Crippen LogP contribution is -2.38. The molecule has 1 aliphatic rings. The maximum atomic E-state index is 12.6. The Hall–Kier alpha value is -2.16. The number of anilines is 1. The molecular formula is C14H16F3N5O. The van der Waals surface area contributed by atoms with Crippen molar-refractivity contribution in [1.82, 2.24) is 19.9 Å². The number of halogens is 3. The van der Waals surface area contributed by atoms with E-state index in [1.54, 1.807) is 6.20 Å². The zero-order chi connectivity index (χ0) is 16.3. The van der Waals surface area contributed by atoms with E-state index in [2.05, 4.69) is 25.2 Å². The Kier molecular flexibility index (Phi) is 4.46. The quantitative estimate of drug-likeness (QED) is 0.931. The largest absolute Gasteiger partial charge is 0.448 e. The van der Waals surface area contributed by atoms with Crippen molar-refractivity contribution in [2.45, 2.75) is 31.6 Å². The van der Waals surface area contributed by atoms with Gasteiger partial charge in [-0.25, -0.2) is 15.0 Å². The van der Waals surface area contributed by atoms with E-state index in [4.69, 9.17) is 4.42 Å². The van der Waals surface area contributed by atoms with Gasteiger partial charge in [0.2, 0.25) is 5.89 Å². The van der Waals surface area contributed by atoms with Crippen molar-refractivity contribution in [1.29, 1.82) is 0 Å². The number of rotatable bonds is 4. The molecule has 0 radical (unpaired) electrons. The fraction of sp³-hybridized carbons (Fsp3) is 0.500. The Morgan fingerprint density at radius 1 is 1.22 bits per heavy atom. The molecule has 0 atom stereocenters. The molecule has 0 saturated carbocycles. The number of alkyl halides is 3. The van der Waals surface area contributed by atoms with Gasteiger partial charge < -0.3 is 9.73 Å². The van der Waals surface area contributed by atoms with Crippen LogP contribution in [0.3, 0.4) is 0 Å². The molecule has 0 amide bonds. The maximum absolute atomic E-state index is 12.6. The molecule has 3 rings (SSSR count). The smallest absolute Gasteiger partial charge is 0.433 e. The van der Waals surface area contributed by atoms with E-state index in [0.29, 0.717) is 12.4 Å². The van der Waals surface area contributed by atoms with E-state index >= 15 is 0 Å². The topological polar surface area (TPSA) is 67.1 Å². The first-order valence-electron chi connectivity index (χ1n) is 7.27. The summed E-state index contributed by atoms with van der Waals surface area (Å²) in [6.07, 6.45) is 1.24. The van der Waals surface area contributed by atoms with Crippen LogP contribution in [0.25, 0.3) is 0 Å². The summed E-state index contributed by atoms with van der Waals surface area (Å²) >= 11 is 0. The van der Waals surface area contributed by atoms with Gasteiger partial charge in [-0.05, 0) is 12.8 Å². The molecule has 0 aromatic carbocycles. The van der Waals surface area contributed by atoms with Crippen molar-refractivity contribution in [3.8, 4) is 0 Å². The van der Waals surface area contributed by atoms with Crippen LogP contribution < -0.4 is 5.32 Å². The average Bonchev–Trinajstić information content (AvgIpc) is 3.02. The molecule has 23 heavy (non-hydrogen) atoms. The summed E-state index contributed by atoms with van der Waals surface area (Å²) < 4.78 is 43.1. The minimum absolute atomic E-state index is 0.0896. The predicted molar refractivity (Wildman–Crippen MR) is 75.5 cm³/mol. The summed E-state index contributed by atoms with van der Waals surface area (Å²) in [5, 5.41) is 3.06. The zero-order valence-corrected chi connectivity index (χ0v) is 12.3. The first-order chi connectivity index (χ1) is 11.0. The number of piperidine rings is 1. The molecule has 124 valence electrons. The highest BCUT2D eigenvalue weighted by Crippen LogP contribution is 2.28. The lowest BCUT2D eigenvalue weighted by molar-refractivity contribution is -0.141. The summed E-state index contributed by atoms with van der Waals surface area (Å²) in [7, 11) is 0. The van der Waals surface area contributed by atoms with Crippen molar-refractivity contribution in [3.63, 3.8) is 0 Å². The van der Waals surface area contributed by atoms with Crippen LogP contribution in [0.15, 0.2) is 29.3 Å². The summed E-state index contributed by atoms with van der Waals surface area (Å²) in [5.41, 5.74) is -0.934. The second-order valence-corrected chi connectivity index (χ2v) is 5.41. The molecule has 1 saturated heterocycles. The first-order valence-corrected chi connectivity index (χ1v) is 7.27. The van der Waals surface area contributed by atoms with Crippen molar-refractivity contribution in [2.75, 3.05) is 18.4 Å². The number of aromatic nitrogens is 3. The Morgan fingerprint density at radius 2 is 2.00 bits per heavy atom. The first kappa shape index (κ1) is 15.7. The third kappa shape index (κ3) is 4.19. The number of likely N-dealkylation sites (tertiary alicyclic amines) is 1. The Morgan fingerprint density at radius 3 is 2.65 bits per heavy atom. The molecule has 6 nitrogen and oxygen atoms in total. The van der Waals surface area contributed by atoms with Crippen LogP contribution in [0.5, 0.6) is 0 Å². The van der Waals surface area contributed by atoms with Gasteiger partial charge >= 0.3 is 6.18 Å². The van der Waals surface area contributed by atoms with Gasteiger partial charge in [0.25, 0.3) is 0 Å². The Balaban J connectivity index is 1.52. The molecule has 2 aromatic heterocycles. The summed E-state index contributed by atoms with van der Waals surface area (Å²) in [6, 6.07) is 1.03. The van der Waals surface area contributed by atoms with Crippen molar-refractivity contribution >= 4 is 5.82 Å². The molecule has 1 fully saturated rings. The molecule has 3 heterocycles. The van der Waals surface area contributed by atoms with Gasteiger partial charge in [-0.2, -0.15) is 13.2 Å². The van der Waals surface area contributed by atoms with Crippen LogP contribution in [-0.2, 0) is 12.7 Å². The van der Waals surface area contributed by atoms with E-state index in [1.807, 2.05) is 0 Å². The fourth-order valence-corrected chi connectivity index (χ4v) is 2.56. The molecule has 1 N–H and O–H groups in total. The van der Waals surface area contributed by atoms with Gasteiger partial charge in [-0.3, -0.25) is 4.90 Å². The summed E-state index contributed by atoms with van der Waals surface area (Å²) in [5.74, 6) is 0.875. The van der Waals surface area contributed by atoms with Crippen LogP contribution in [-0.4, -0.2) is 39.0 Å². The zero-order valence-electron chi connectivity index (χ0n) is 12.3. The van der Waals surface area contributed by atoms with Gasteiger partial charge in [0.15, 0.2) is 0 Å². The fourth-order valence-electron chi connectivity index (χ4n) is 2.56. The van der Waals surface area contributed by atoms with Crippen LogP contribution in [0.2, 0.25) is 0 Å². The van der Waals surface area contributed by atoms with Crippen LogP contribution in [0, 0.1) is 0 Å². The third-order valence-corrected chi connectivity index (χ3v) is 3.74. The summed E-state index contributed by atoms with van der Waals surface area (Å²) in [6.45, 7) is 2.28. The number of nitrogens with zero attached hydrogens (tertiary/aromatic N) is 4. The normalized spacial score (nSPS) is 17.3. The number of oxazole rings is 1. The molecule has 0 aliphatic carbocycles. The average molecular weight is 327 g/mol. The van der Waals surface area contributed by atoms with E-state index in [9.17, 15) is 13.2 Å².